The summed E-state index contributed by atoms with van der Waals surface area (Å²) < 4.78 is 0. The molecule has 0 aromatic carbocycles. The van der Waals surface area contributed by atoms with E-state index < -0.39 is 0 Å². The summed E-state index contributed by atoms with van der Waals surface area (Å²) in [6.07, 6.45) is 3.20. The maximum Gasteiger partial charge on any atom is 0.236 e. The minimum absolute atomic E-state index is 0.202. The molecule has 2 heterocycles. The van der Waals surface area contributed by atoms with Crippen molar-refractivity contribution in [1.82, 2.24) is 15.1 Å². The van der Waals surface area contributed by atoms with Crippen molar-refractivity contribution in [2.45, 2.75) is 25.3 Å². The highest BCUT2D eigenvalue weighted by Gasteiger charge is 2.27. The zero-order valence-electron chi connectivity index (χ0n) is 11.3. The first kappa shape index (κ1) is 13.8. The van der Waals surface area contributed by atoms with E-state index in [-0.39, 0.29) is 18.4 Å². The molecule has 2 aliphatic heterocycles. The van der Waals surface area contributed by atoms with Crippen molar-refractivity contribution in [3.8, 4) is 0 Å². The van der Waals surface area contributed by atoms with Crippen LogP contribution in [0.4, 0.5) is 0 Å². The van der Waals surface area contributed by atoms with E-state index in [1.54, 1.807) is 0 Å². The Morgan fingerprint density at radius 1 is 1.39 bits per heavy atom. The van der Waals surface area contributed by atoms with Crippen LogP contribution in [0.1, 0.15) is 19.3 Å². The fourth-order valence-electron chi connectivity index (χ4n) is 2.90. The van der Waals surface area contributed by atoms with E-state index in [0.29, 0.717) is 12.6 Å². The van der Waals surface area contributed by atoms with Crippen molar-refractivity contribution in [3.05, 3.63) is 0 Å². The third-order valence-electron chi connectivity index (χ3n) is 4.21. The highest BCUT2D eigenvalue weighted by molar-refractivity contribution is 5.78. The standard InChI is InChI=1S/C13H25N3O2/c1-15(12-2-5-14-6-3-12)9-13(18)16-7-4-11(8-16)10-17/h11-12,14,17H,2-10H2,1H3. The SMILES string of the molecule is CN(CC(=O)N1CCC(CO)C1)C1CCNCC1. The number of piperidine rings is 1. The van der Waals surface area contributed by atoms with Gasteiger partial charge in [-0.05, 0) is 39.4 Å². The molecule has 0 spiro atoms. The molecule has 0 aromatic heterocycles. The molecular weight excluding hydrogens is 230 g/mol. The van der Waals surface area contributed by atoms with Gasteiger partial charge in [-0.2, -0.15) is 0 Å². The summed E-state index contributed by atoms with van der Waals surface area (Å²) in [4.78, 5) is 16.2. The number of rotatable bonds is 4. The van der Waals surface area contributed by atoms with Gasteiger partial charge in [0.1, 0.15) is 0 Å². The summed E-state index contributed by atoms with van der Waals surface area (Å²) in [6, 6.07) is 0.534. The highest BCUT2D eigenvalue weighted by atomic mass is 16.3. The molecule has 1 amide bonds. The topological polar surface area (TPSA) is 55.8 Å². The van der Waals surface area contributed by atoms with E-state index in [0.717, 1.165) is 45.4 Å². The lowest BCUT2D eigenvalue weighted by molar-refractivity contribution is -0.131. The molecule has 0 saturated carbocycles. The molecular formula is C13H25N3O2. The van der Waals surface area contributed by atoms with Crippen LogP contribution in [0.5, 0.6) is 0 Å². The van der Waals surface area contributed by atoms with Crippen LogP contribution in [-0.2, 0) is 4.79 Å². The summed E-state index contributed by atoms with van der Waals surface area (Å²) in [6.45, 7) is 4.37. The van der Waals surface area contributed by atoms with Crippen molar-refractivity contribution < 1.29 is 9.90 Å². The largest absolute Gasteiger partial charge is 0.396 e. The van der Waals surface area contributed by atoms with Crippen molar-refractivity contribution in [2.75, 3.05) is 46.4 Å². The second-order valence-corrected chi connectivity index (χ2v) is 5.57. The average molecular weight is 255 g/mol. The second kappa shape index (κ2) is 6.50. The summed E-state index contributed by atoms with van der Waals surface area (Å²) in [5.74, 6) is 0.505. The summed E-state index contributed by atoms with van der Waals surface area (Å²) in [5.41, 5.74) is 0. The predicted molar refractivity (Wildman–Crippen MR) is 70.3 cm³/mol. The number of amides is 1. The number of aliphatic hydroxyl groups is 1. The van der Waals surface area contributed by atoms with Gasteiger partial charge in [0.25, 0.3) is 0 Å². The number of nitrogens with one attached hydrogen (secondary N) is 1. The van der Waals surface area contributed by atoms with E-state index >= 15 is 0 Å². The van der Waals surface area contributed by atoms with E-state index in [1.807, 2.05) is 11.9 Å². The number of hydrogen-bond acceptors (Lipinski definition) is 4. The summed E-state index contributed by atoms with van der Waals surface area (Å²) in [7, 11) is 2.05. The maximum absolute atomic E-state index is 12.1. The molecule has 2 N–H and O–H groups in total. The molecule has 1 atom stereocenters. The fourth-order valence-corrected chi connectivity index (χ4v) is 2.90. The number of hydrogen-bond donors (Lipinski definition) is 2. The van der Waals surface area contributed by atoms with Crippen LogP contribution < -0.4 is 5.32 Å². The molecule has 2 saturated heterocycles. The van der Waals surface area contributed by atoms with Crippen LogP contribution in [0.2, 0.25) is 0 Å². The van der Waals surface area contributed by atoms with Crippen LogP contribution in [0.25, 0.3) is 0 Å². The van der Waals surface area contributed by atoms with Crippen molar-refractivity contribution in [2.24, 2.45) is 5.92 Å². The Morgan fingerprint density at radius 3 is 2.72 bits per heavy atom. The van der Waals surface area contributed by atoms with Crippen LogP contribution in [-0.4, -0.2) is 73.2 Å². The van der Waals surface area contributed by atoms with Gasteiger partial charge in [-0.1, -0.05) is 0 Å². The predicted octanol–water partition coefficient (Wildman–Crippen LogP) is -0.489. The molecule has 0 bridgehead atoms. The van der Waals surface area contributed by atoms with Crippen molar-refractivity contribution in [1.29, 1.82) is 0 Å². The number of likely N-dealkylation sites (N-methyl/N-ethyl adjacent to an activating group) is 1. The molecule has 2 fully saturated rings. The molecule has 1 unspecified atom stereocenters. The van der Waals surface area contributed by atoms with Crippen LogP contribution in [0.3, 0.4) is 0 Å². The summed E-state index contributed by atoms with van der Waals surface area (Å²) >= 11 is 0. The van der Waals surface area contributed by atoms with Crippen molar-refractivity contribution >= 4 is 5.91 Å². The van der Waals surface area contributed by atoms with E-state index in [9.17, 15) is 4.79 Å². The molecule has 0 aliphatic carbocycles. The highest BCUT2D eigenvalue weighted by Crippen LogP contribution is 2.16. The molecule has 104 valence electrons. The van der Waals surface area contributed by atoms with Gasteiger partial charge in [-0.25, -0.2) is 0 Å². The Balaban J connectivity index is 1.76. The second-order valence-electron chi connectivity index (χ2n) is 5.57. The van der Waals surface area contributed by atoms with Gasteiger partial charge in [0.2, 0.25) is 5.91 Å². The molecule has 5 heteroatoms. The van der Waals surface area contributed by atoms with E-state index in [4.69, 9.17) is 5.11 Å². The van der Waals surface area contributed by atoms with Crippen molar-refractivity contribution in [3.63, 3.8) is 0 Å². The smallest absolute Gasteiger partial charge is 0.236 e. The monoisotopic (exact) mass is 255 g/mol. The van der Waals surface area contributed by atoms with E-state index in [2.05, 4.69) is 10.2 Å². The van der Waals surface area contributed by atoms with Gasteiger partial charge in [0.05, 0.1) is 6.54 Å². The van der Waals surface area contributed by atoms with Gasteiger partial charge in [0.15, 0.2) is 0 Å². The van der Waals surface area contributed by atoms with Gasteiger partial charge in [0, 0.05) is 31.7 Å². The van der Waals surface area contributed by atoms with Gasteiger partial charge >= 0.3 is 0 Å². The lowest BCUT2D eigenvalue weighted by atomic mass is 10.1. The van der Waals surface area contributed by atoms with Gasteiger partial charge < -0.3 is 15.3 Å². The lowest BCUT2D eigenvalue weighted by Gasteiger charge is -2.32. The molecule has 0 aromatic rings. The third-order valence-corrected chi connectivity index (χ3v) is 4.21. The van der Waals surface area contributed by atoms with Gasteiger partial charge in [-0.3, -0.25) is 9.69 Å². The Hall–Kier alpha value is -0.650. The molecule has 2 rings (SSSR count). The Kier molecular flexibility index (Phi) is 4.97. The zero-order valence-corrected chi connectivity index (χ0v) is 11.3. The number of aliphatic hydroxyl groups excluding tert-OH is 1. The van der Waals surface area contributed by atoms with E-state index in [1.165, 1.54) is 0 Å². The number of carbonyl (C=O) groups excluding carboxylic acids is 1. The molecule has 0 radical (unpaired) electrons. The normalized spacial score (nSPS) is 25.9. The van der Waals surface area contributed by atoms with Crippen LogP contribution >= 0.6 is 0 Å². The average Bonchev–Trinajstić information content (AvgIpc) is 2.88. The van der Waals surface area contributed by atoms with Crippen LogP contribution in [0.15, 0.2) is 0 Å². The first-order chi connectivity index (χ1) is 8.70. The quantitative estimate of drug-likeness (QED) is 0.712. The number of likely N-dealkylation sites (tertiary alicyclic amines) is 1. The lowest BCUT2D eigenvalue weighted by Crippen LogP contribution is -2.46. The minimum atomic E-state index is 0.202. The Bertz CT molecular complexity index is 279. The zero-order chi connectivity index (χ0) is 13.0. The van der Waals surface area contributed by atoms with Crippen LogP contribution in [0, 0.1) is 5.92 Å². The fraction of sp³-hybridized carbons (Fsp3) is 0.923. The number of carbonyl (C=O) groups is 1. The summed E-state index contributed by atoms with van der Waals surface area (Å²) in [5, 5.41) is 12.4. The molecule has 5 nitrogen and oxygen atoms in total. The Labute approximate surface area is 109 Å². The molecule has 2 aliphatic rings. The Morgan fingerprint density at radius 2 is 2.11 bits per heavy atom. The first-order valence-electron chi connectivity index (χ1n) is 7.00. The van der Waals surface area contributed by atoms with Gasteiger partial charge in [-0.15, -0.1) is 0 Å². The minimum Gasteiger partial charge on any atom is -0.396 e. The maximum atomic E-state index is 12.1. The number of nitrogens with zero attached hydrogens (tertiary/aromatic N) is 2. The third kappa shape index (κ3) is 3.43. The molecule has 18 heavy (non-hydrogen) atoms. The first-order valence-corrected chi connectivity index (χ1v) is 7.00.